The first-order chi connectivity index (χ1) is 15.4. The SMILES string of the molecule is CC(C)(C)CN(C1CCC1)[C@@H](CN)C(=O)Nc1ccc(N2CCOCC2=O)cc1C(F)(F)F. The lowest BCUT2D eigenvalue weighted by Gasteiger charge is -2.44. The van der Waals surface area contributed by atoms with Crippen molar-refractivity contribution in [1.82, 2.24) is 4.90 Å². The number of hydrogen-bond acceptors (Lipinski definition) is 5. The maximum atomic E-state index is 13.9. The van der Waals surface area contributed by atoms with Gasteiger partial charge in [-0.3, -0.25) is 14.5 Å². The van der Waals surface area contributed by atoms with Crippen LogP contribution < -0.4 is 16.0 Å². The number of rotatable bonds is 7. The number of carbonyl (C=O) groups is 2. The maximum Gasteiger partial charge on any atom is 0.418 e. The summed E-state index contributed by atoms with van der Waals surface area (Å²) in [7, 11) is 0. The standard InChI is InChI=1S/C23H33F3N4O3/c1-22(2,3)14-30(15-5-4-6-15)19(12-27)21(32)28-18-8-7-16(11-17(18)23(24,25)26)29-9-10-33-13-20(29)31/h7-8,11,15,19H,4-6,9-10,12-14,27H2,1-3H3,(H,28,32)/t19-/m0/s1. The molecule has 1 aromatic carbocycles. The van der Waals surface area contributed by atoms with Crippen LogP contribution in [-0.4, -0.2) is 61.6 Å². The van der Waals surface area contributed by atoms with Crippen molar-refractivity contribution >= 4 is 23.2 Å². The normalized spacial score (nSPS) is 18.9. The van der Waals surface area contributed by atoms with Crippen molar-refractivity contribution < 1.29 is 27.5 Å². The van der Waals surface area contributed by atoms with E-state index in [1.807, 2.05) is 4.90 Å². The Balaban J connectivity index is 1.86. The summed E-state index contributed by atoms with van der Waals surface area (Å²) in [5.41, 5.74) is 4.61. The predicted octanol–water partition coefficient (Wildman–Crippen LogP) is 3.24. The molecule has 0 unspecified atom stereocenters. The molecule has 1 saturated heterocycles. The zero-order valence-electron chi connectivity index (χ0n) is 19.4. The summed E-state index contributed by atoms with van der Waals surface area (Å²) in [5.74, 6) is -0.970. The number of ether oxygens (including phenoxy) is 1. The first kappa shape index (κ1) is 25.5. The molecule has 0 radical (unpaired) electrons. The highest BCUT2D eigenvalue weighted by Gasteiger charge is 2.38. The van der Waals surface area contributed by atoms with Gasteiger partial charge in [-0.05, 0) is 36.5 Å². The van der Waals surface area contributed by atoms with Gasteiger partial charge < -0.3 is 20.7 Å². The number of nitrogens with one attached hydrogen (secondary N) is 1. The van der Waals surface area contributed by atoms with Crippen LogP contribution in [0.2, 0.25) is 0 Å². The second kappa shape index (κ2) is 9.99. The smallest absolute Gasteiger partial charge is 0.370 e. The Bertz CT molecular complexity index is 865. The van der Waals surface area contributed by atoms with Gasteiger partial charge in [0.25, 0.3) is 5.91 Å². The molecule has 0 bridgehead atoms. The average Bonchev–Trinajstić information content (AvgIpc) is 2.66. The number of amides is 2. The highest BCUT2D eigenvalue weighted by Crippen LogP contribution is 2.38. The molecule has 7 nitrogen and oxygen atoms in total. The van der Waals surface area contributed by atoms with Crippen molar-refractivity contribution in [2.45, 2.75) is 58.3 Å². The van der Waals surface area contributed by atoms with Gasteiger partial charge in [-0.25, -0.2) is 0 Å². The van der Waals surface area contributed by atoms with Gasteiger partial charge >= 0.3 is 6.18 Å². The Kier molecular flexibility index (Phi) is 7.70. The molecule has 33 heavy (non-hydrogen) atoms. The highest BCUT2D eigenvalue weighted by molar-refractivity contribution is 5.98. The molecule has 3 rings (SSSR count). The molecule has 0 aromatic heterocycles. The maximum absolute atomic E-state index is 13.9. The number of nitrogens with two attached hydrogens (primary N) is 1. The number of anilines is 2. The minimum atomic E-state index is -4.72. The summed E-state index contributed by atoms with van der Waals surface area (Å²) >= 11 is 0. The molecule has 3 N–H and O–H groups in total. The van der Waals surface area contributed by atoms with Gasteiger partial charge in [-0.1, -0.05) is 27.2 Å². The van der Waals surface area contributed by atoms with Crippen LogP contribution in [-0.2, 0) is 20.5 Å². The molecule has 1 saturated carbocycles. The zero-order chi connectivity index (χ0) is 24.4. The van der Waals surface area contributed by atoms with Gasteiger partial charge in [-0.15, -0.1) is 0 Å². The number of alkyl halides is 3. The topological polar surface area (TPSA) is 87.9 Å². The van der Waals surface area contributed by atoms with Crippen LogP contribution in [0.5, 0.6) is 0 Å². The lowest BCUT2D eigenvalue weighted by molar-refractivity contribution is -0.137. The van der Waals surface area contributed by atoms with Crippen molar-refractivity contribution in [3.63, 3.8) is 0 Å². The fourth-order valence-corrected chi connectivity index (χ4v) is 4.20. The largest absolute Gasteiger partial charge is 0.418 e. The minimum absolute atomic E-state index is 0.000127. The van der Waals surface area contributed by atoms with Crippen molar-refractivity contribution in [3.8, 4) is 0 Å². The van der Waals surface area contributed by atoms with E-state index in [1.54, 1.807) is 0 Å². The van der Waals surface area contributed by atoms with Gasteiger partial charge in [0.1, 0.15) is 12.6 Å². The third-order valence-electron chi connectivity index (χ3n) is 5.99. The van der Waals surface area contributed by atoms with E-state index in [9.17, 15) is 22.8 Å². The molecule has 0 spiro atoms. The van der Waals surface area contributed by atoms with Crippen LogP contribution in [0.3, 0.4) is 0 Å². The summed E-state index contributed by atoms with van der Waals surface area (Å²) in [6.07, 6.45) is -1.78. The van der Waals surface area contributed by atoms with E-state index in [0.29, 0.717) is 6.54 Å². The molecule has 2 aliphatic rings. The molecule has 2 amide bonds. The van der Waals surface area contributed by atoms with Crippen LogP contribution in [0.15, 0.2) is 18.2 Å². The van der Waals surface area contributed by atoms with Crippen LogP contribution in [0.25, 0.3) is 0 Å². The minimum Gasteiger partial charge on any atom is -0.370 e. The Morgan fingerprint density at radius 2 is 2.00 bits per heavy atom. The predicted molar refractivity (Wildman–Crippen MR) is 120 cm³/mol. The van der Waals surface area contributed by atoms with Crippen molar-refractivity contribution in [3.05, 3.63) is 23.8 Å². The monoisotopic (exact) mass is 470 g/mol. The first-order valence-corrected chi connectivity index (χ1v) is 11.3. The third-order valence-corrected chi connectivity index (χ3v) is 5.99. The Morgan fingerprint density at radius 3 is 2.52 bits per heavy atom. The molecule has 1 atom stereocenters. The Labute approximate surface area is 192 Å². The summed E-state index contributed by atoms with van der Waals surface area (Å²) in [5, 5.41) is 2.47. The highest BCUT2D eigenvalue weighted by atomic mass is 19.4. The summed E-state index contributed by atoms with van der Waals surface area (Å²) in [4.78, 5) is 28.5. The molecule has 10 heteroatoms. The first-order valence-electron chi connectivity index (χ1n) is 11.3. The van der Waals surface area contributed by atoms with Gasteiger partial charge in [0.2, 0.25) is 5.91 Å². The summed E-state index contributed by atoms with van der Waals surface area (Å²) < 4.78 is 46.7. The number of halogens is 3. The molecule has 1 aliphatic carbocycles. The fraction of sp³-hybridized carbons (Fsp3) is 0.652. The molecule has 184 valence electrons. The van der Waals surface area contributed by atoms with Crippen molar-refractivity contribution in [2.75, 3.05) is 43.1 Å². The number of benzene rings is 1. The Hall–Kier alpha value is -2.17. The lowest BCUT2D eigenvalue weighted by Crippen LogP contribution is -2.57. The summed E-state index contributed by atoms with van der Waals surface area (Å²) in [6.45, 7) is 7.00. The van der Waals surface area contributed by atoms with E-state index in [2.05, 4.69) is 26.1 Å². The Morgan fingerprint density at radius 1 is 1.30 bits per heavy atom. The lowest BCUT2D eigenvalue weighted by atomic mass is 9.86. The van der Waals surface area contributed by atoms with Crippen LogP contribution in [0.1, 0.15) is 45.6 Å². The number of nitrogens with zero attached hydrogens (tertiary/aromatic N) is 2. The van der Waals surface area contributed by atoms with Gasteiger partial charge in [0.05, 0.1) is 17.9 Å². The molecule has 1 aromatic rings. The van der Waals surface area contributed by atoms with Crippen molar-refractivity contribution in [1.29, 1.82) is 0 Å². The van der Waals surface area contributed by atoms with Gasteiger partial charge in [0.15, 0.2) is 0 Å². The number of morpholine rings is 1. The molecular formula is C23H33F3N4O3. The quantitative estimate of drug-likeness (QED) is 0.639. The van der Waals surface area contributed by atoms with E-state index in [0.717, 1.165) is 25.3 Å². The van der Waals surface area contributed by atoms with E-state index >= 15 is 0 Å². The number of carbonyl (C=O) groups excluding carboxylic acids is 2. The van der Waals surface area contributed by atoms with E-state index < -0.39 is 29.6 Å². The second-order valence-corrected chi connectivity index (χ2v) is 9.88. The van der Waals surface area contributed by atoms with E-state index in [4.69, 9.17) is 10.5 Å². The second-order valence-electron chi connectivity index (χ2n) is 9.88. The fourth-order valence-electron chi connectivity index (χ4n) is 4.20. The van der Waals surface area contributed by atoms with Crippen molar-refractivity contribution in [2.24, 2.45) is 11.1 Å². The van der Waals surface area contributed by atoms with Crippen LogP contribution in [0, 0.1) is 5.41 Å². The summed E-state index contributed by atoms with van der Waals surface area (Å²) in [6, 6.07) is 2.96. The molecule has 1 heterocycles. The number of hydrogen-bond donors (Lipinski definition) is 2. The molecule has 2 fully saturated rings. The third kappa shape index (κ3) is 6.24. The average molecular weight is 471 g/mol. The molecule has 1 aliphatic heterocycles. The zero-order valence-corrected chi connectivity index (χ0v) is 19.4. The van der Waals surface area contributed by atoms with E-state index in [1.165, 1.54) is 17.0 Å². The van der Waals surface area contributed by atoms with Crippen LogP contribution >= 0.6 is 0 Å². The van der Waals surface area contributed by atoms with Gasteiger partial charge in [0, 0.05) is 31.4 Å². The van der Waals surface area contributed by atoms with Crippen LogP contribution in [0.4, 0.5) is 24.5 Å². The van der Waals surface area contributed by atoms with E-state index in [-0.39, 0.29) is 49.1 Å². The van der Waals surface area contributed by atoms with Gasteiger partial charge in [-0.2, -0.15) is 13.2 Å². The molecular weight excluding hydrogens is 437 g/mol.